The molecule has 1 aromatic carbocycles. The van der Waals surface area contributed by atoms with Crippen molar-refractivity contribution in [3.63, 3.8) is 0 Å². The van der Waals surface area contributed by atoms with Gasteiger partial charge in [0, 0.05) is 40.3 Å². The predicted molar refractivity (Wildman–Crippen MR) is 93.1 cm³/mol. The van der Waals surface area contributed by atoms with Crippen molar-refractivity contribution < 1.29 is 18.3 Å². The summed E-state index contributed by atoms with van der Waals surface area (Å²) in [5.41, 5.74) is 0.0854. The molecular weight excluding hydrogens is 330 g/mol. The third-order valence-electron chi connectivity index (χ3n) is 4.26. The smallest absolute Gasteiger partial charge is 0.281 e. The summed E-state index contributed by atoms with van der Waals surface area (Å²) in [6, 6.07) is 7.77. The molecule has 1 aromatic rings. The lowest BCUT2D eigenvalue weighted by molar-refractivity contribution is 0.0217. The van der Waals surface area contributed by atoms with E-state index in [1.165, 1.54) is 22.7 Å². The van der Waals surface area contributed by atoms with Gasteiger partial charge >= 0.3 is 0 Å². The van der Waals surface area contributed by atoms with Crippen molar-refractivity contribution in [1.82, 2.24) is 13.5 Å². The quantitative estimate of drug-likeness (QED) is 0.763. The SMILES string of the molecule is COc1ccc(CN(C)CC2(O)CCN(S(=O)(=O)N(C)C)C2)cc1. The number of aliphatic hydroxyl groups is 1. The van der Waals surface area contributed by atoms with Crippen molar-refractivity contribution in [3.8, 4) is 5.75 Å². The fourth-order valence-electron chi connectivity index (χ4n) is 2.98. The molecule has 0 amide bonds. The van der Waals surface area contributed by atoms with E-state index in [1.54, 1.807) is 7.11 Å². The number of rotatable bonds is 7. The molecular formula is C16H27N3O4S. The molecule has 2 rings (SSSR count). The van der Waals surface area contributed by atoms with Crippen molar-refractivity contribution in [1.29, 1.82) is 0 Å². The summed E-state index contributed by atoms with van der Waals surface area (Å²) in [5, 5.41) is 10.8. The van der Waals surface area contributed by atoms with Gasteiger partial charge in [-0.2, -0.15) is 17.0 Å². The van der Waals surface area contributed by atoms with Crippen LogP contribution in [0.25, 0.3) is 0 Å². The topological polar surface area (TPSA) is 73.3 Å². The first-order valence-corrected chi connectivity index (χ1v) is 9.27. The van der Waals surface area contributed by atoms with Crippen molar-refractivity contribution >= 4 is 10.2 Å². The Morgan fingerprint density at radius 1 is 1.25 bits per heavy atom. The molecule has 0 bridgehead atoms. The number of likely N-dealkylation sites (N-methyl/N-ethyl adjacent to an activating group) is 1. The second-order valence-corrected chi connectivity index (χ2v) is 8.76. The maximum atomic E-state index is 12.2. The maximum Gasteiger partial charge on any atom is 0.281 e. The standard InChI is InChI=1S/C16H27N3O4S/c1-17(2)24(21,22)19-10-9-16(20,13-19)12-18(3)11-14-5-7-15(23-4)8-6-14/h5-8,20H,9-13H2,1-4H3. The molecule has 1 aliphatic heterocycles. The molecule has 1 N–H and O–H groups in total. The number of β-amino-alcohol motifs (C(OH)–C–C–N with tert-alkyl or cyclic N) is 1. The van der Waals surface area contributed by atoms with E-state index >= 15 is 0 Å². The van der Waals surface area contributed by atoms with E-state index in [0.29, 0.717) is 26.1 Å². The Labute approximate surface area is 144 Å². The number of ether oxygens (including phenoxy) is 1. The van der Waals surface area contributed by atoms with Gasteiger partial charge in [0.15, 0.2) is 0 Å². The van der Waals surface area contributed by atoms with E-state index in [2.05, 4.69) is 0 Å². The van der Waals surface area contributed by atoms with Crippen LogP contribution >= 0.6 is 0 Å². The Kier molecular flexibility index (Phi) is 5.87. The molecule has 0 spiro atoms. The van der Waals surface area contributed by atoms with Crippen LogP contribution < -0.4 is 4.74 Å². The normalized spacial score (nSPS) is 22.5. The highest BCUT2D eigenvalue weighted by Gasteiger charge is 2.42. The zero-order valence-corrected chi connectivity index (χ0v) is 15.6. The molecule has 7 nitrogen and oxygen atoms in total. The van der Waals surface area contributed by atoms with Gasteiger partial charge in [0.05, 0.1) is 12.7 Å². The minimum atomic E-state index is -3.48. The molecule has 1 heterocycles. The molecule has 1 saturated heterocycles. The molecule has 1 atom stereocenters. The monoisotopic (exact) mass is 357 g/mol. The first-order chi connectivity index (χ1) is 11.2. The number of benzene rings is 1. The molecule has 0 radical (unpaired) electrons. The van der Waals surface area contributed by atoms with Crippen LogP contribution in [0.1, 0.15) is 12.0 Å². The predicted octanol–water partition coefficient (Wildman–Crippen LogP) is 0.370. The lowest BCUT2D eigenvalue weighted by atomic mass is 10.0. The molecule has 0 aliphatic carbocycles. The van der Waals surface area contributed by atoms with Crippen molar-refractivity contribution in [2.45, 2.75) is 18.6 Å². The number of hydrogen-bond acceptors (Lipinski definition) is 5. The maximum absolute atomic E-state index is 12.2. The van der Waals surface area contributed by atoms with E-state index < -0.39 is 15.8 Å². The molecule has 0 saturated carbocycles. The minimum Gasteiger partial charge on any atom is -0.497 e. The van der Waals surface area contributed by atoms with Crippen molar-refractivity contribution in [2.24, 2.45) is 0 Å². The number of nitrogens with zero attached hydrogens (tertiary/aromatic N) is 3. The zero-order chi connectivity index (χ0) is 18.0. The Hall–Kier alpha value is -1.19. The molecule has 0 aromatic heterocycles. The average Bonchev–Trinajstić information content (AvgIpc) is 2.90. The van der Waals surface area contributed by atoms with E-state index in [4.69, 9.17) is 4.74 Å². The summed E-state index contributed by atoms with van der Waals surface area (Å²) in [4.78, 5) is 2.01. The van der Waals surface area contributed by atoms with Crippen molar-refractivity contribution in [2.75, 3.05) is 47.9 Å². The molecule has 136 valence electrons. The van der Waals surface area contributed by atoms with E-state index in [1.807, 2.05) is 36.2 Å². The highest BCUT2D eigenvalue weighted by Crippen LogP contribution is 2.26. The molecule has 1 unspecified atom stereocenters. The largest absolute Gasteiger partial charge is 0.497 e. The highest BCUT2D eigenvalue weighted by molar-refractivity contribution is 7.86. The Morgan fingerprint density at radius 2 is 1.88 bits per heavy atom. The van der Waals surface area contributed by atoms with Crippen LogP contribution in [0.15, 0.2) is 24.3 Å². The first-order valence-electron chi connectivity index (χ1n) is 7.88. The molecule has 24 heavy (non-hydrogen) atoms. The summed E-state index contributed by atoms with van der Waals surface area (Å²) in [5.74, 6) is 0.806. The van der Waals surface area contributed by atoms with Crippen LogP contribution in [0.3, 0.4) is 0 Å². The third kappa shape index (κ3) is 4.46. The Bertz CT molecular complexity index is 648. The number of hydrogen-bond donors (Lipinski definition) is 1. The molecule has 1 fully saturated rings. The molecule has 1 aliphatic rings. The van der Waals surface area contributed by atoms with Gasteiger partial charge in [0.2, 0.25) is 0 Å². The fraction of sp³-hybridized carbons (Fsp3) is 0.625. The summed E-state index contributed by atoms with van der Waals surface area (Å²) < 4.78 is 32.0. The second-order valence-electron chi connectivity index (χ2n) is 6.62. The van der Waals surface area contributed by atoms with Crippen LogP contribution in [-0.2, 0) is 16.8 Å². The van der Waals surface area contributed by atoms with Gasteiger partial charge in [0.1, 0.15) is 5.75 Å². The van der Waals surface area contributed by atoms with Gasteiger partial charge in [-0.15, -0.1) is 0 Å². The summed E-state index contributed by atoms with van der Waals surface area (Å²) >= 11 is 0. The third-order valence-corrected chi connectivity index (χ3v) is 6.15. The number of methoxy groups -OCH3 is 1. The lowest BCUT2D eigenvalue weighted by Gasteiger charge is -2.29. The lowest BCUT2D eigenvalue weighted by Crippen LogP contribution is -2.46. The van der Waals surface area contributed by atoms with Gasteiger partial charge in [-0.05, 0) is 31.2 Å². The summed E-state index contributed by atoms with van der Waals surface area (Å²) in [6.45, 7) is 1.55. The Morgan fingerprint density at radius 3 is 2.42 bits per heavy atom. The van der Waals surface area contributed by atoms with Gasteiger partial charge in [0.25, 0.3) is 10.2 Å². The zero-order valence-electron chi connectivity index (χ0n) is 14.8. The van der Waals surface area contributed by atoms with Gasteiger partial charge < -0.3 is 9.84 Å². The minimum absolute atomic E-state index is 0.125. The average molecular weight is 357 g/mol. The summed E-state index contributed by atoms with van der Waals surface area (Å²) in [6.07, 6.45) is 0.438. The van der Waals surface area contributed by atoms with Gasteiger partial charge in [-0.1, -0.05) is 12.1 Å². The van der Waals surface area contributed by atoms with Crippen LogP contribution in [0.2, 0.25) is 0 Å². The van der Waals surface area contributed by atoms with Crippen LogP contribution in [0, 0.1) is 0 Å². The van der Waals surface area contributed by atoms with Crippen LogP contribution in [0.5, 0.6) is 5.75 Å². The van der Waals surface area contributed by atoms with E-state index in [9.17, 15) is 13.5 Å². The summed E-state index contributed by atoms with van der Waals surface area (Å²) in [7, 11) is 3.08. The fourth-order valence-corrected chi connectivity index (χ4v) is 4.16. The second kappa shape index (κ2) is 7.37. The van der Waals surface area contributed by atoms with E-state index in [-0.39, 0.29) is 6.54 Å². The van der Waals surface area contributed by atoms with Crippen LogP contribution in [-0.4, -0.2) is 80.5 Å². The highest BCUT2D eigenvalue weighted by atomic mass is 32.2. The molecule has 8 heteroatoms. The van der Waals surface area contributed by atoms with Crippen molar-refractivity contribution in [3.05, 3.63) is 29.8 Å². The Balaban J connectivity index is 1.94. The van der Waals surface area contributed by atoms with Crippen LogP contribution in [0.4, 0.5) is 0 Å². The van der Waals surface area contributed by atoms with E-state index in [0.717, 1.165) is 11.3 Å². The first kappa shape index (κ1) is 19.1. The van der Waals surface area contributed by atoms with Gasteiger partial charge in [-0.3, -0.25) is 4.90 Å². The van der Waals surface area contributed by atoms with Gasteiger partial charge in [-0.25, -0.2) is 0 Å².